The van der Waals surface area contributed by atoms with Crippen molar-refractivity contribution >= 4 is 5.91 Å². The molecule has 0 unspecified atom stereocenters. The molecule has 1 saturated carbocycles. The lowest BCUT2D eigenvalue weighted by atomic mass is 9.80. The number of carbonyl (C=O) groups is 1. The summed E-state index contributed by atoms with van der Waals surface area (Å²) in [7, 11) is 0. The Morgan fingerprint density at radius 2 is 1.96 bits per heavy atom. The molecule has 26 heavy (non-hydrogen) atoms. The van der Waals surface area contributed by atoms with Gasteiger partial charge in [0.05, 0.1) is 12.5 Å². The van der Waals surface area contributed by atoms with Crippen LogP contribution in [0.5, 0.6) is 11.5 Å². The standard InChI is InChI=1S/C20H20N4O2/c25-20(23-17-10-15(11-17)13-24-9-8-22-14-24)16-3-5-18(6-4-16)26-19-2-1-7-21-12-19/h1-9,12,14-15,17H,10-11,13H2,(H,23,25). The van der Waals surface area contributed by atoms with Gasteiger partial charge >= 0.3 is 0 Å². The topological polar surface area (TPSA) is 69.0 Å². The maximum absolute atomic E-state index is 12.4. The van der Waals surface area contributed by atoms with E-state index in [0.29, 0.717) is 23.0 Å². The number of hydrogen-bond acceptors (Lipinski definition) is 4. The molecule has 2 heterocycles. The van der Waals surface area contributed by atoms with Gasteiger partial charge < -0.3 is 14.6 Å². The lowest BCUT2D eigenvalue weighted by Gasteiger charge is -2.36. The lowest BCUT2D eigenvalue weighted by molar-refractivity contribution is 0.0881. The summed E-state index contributed by atoms with van der Waals surface area (Å²) in [6.45, 7) is 0.965. The van der Waals surface area contributed by atoms with Crippen LogP contribution in [0.15, 0.2) is 67.5 Å². The number of hydrogen-bond donors (Lipinski definition) is 1. The molecular formula is C20H20N4O2. The summed E-state index contributed by atoms with van der Waals surface area (Å²) in [5, 5.41) is 3.10. The van der Waals surface area contributed by atoms with Crippen molar-refractivity contribution in [2.75, 3.05) is 0 Å². The number of pyridine rings is 1. The minimum absolute atomic E-state index is 0.0380. The van der Waals surface area contributed by atoms with Gasteiger partial charge in [-0.1, -0.05) is 0 Å². The van der Waals surface area contributed by atoms with E-state index in [9.17, 15) is 4.79 Å². The third-order valence-corrected chi connectivity index (χ3v) is 4.59. The number of amides is 1. The normalized spacial score (nSPS) is 18.8. The van der Waals surface area contributed by atoms with E-state index in [1.54, 1.807) is 42.9 Å². The molecule has 1 aromatic carbocycles. The van der Waals surface area contributed by atoms with Gasteiger partial charge in [0, 0.05) is 36.7 Å². The second-order valence-electron chi connectivity index (χ2n) is 6.58. The second kappa shape index (κ2) is 7.39. The Morgan fingerprint density at radius 1 is 1.12 bits per heavy atom. The van der Waals surface area contributed by atoms with Gasteiger partial charge in [-0.2, -0.15) is 0 Å². The first-order valence-electron chi connectivity index (χ1n) is 8.71. The van der Waals surface area contributed by atoms with Crippen LogP contribution in [-0.2, 0) is 6.54 Å². The van der Waals surface area contributed by atoms with E-state index < -0.39 is 0 Å². The molecule has 2 aromatic heterocycles. The molecule has 1 aliphatic carbocycles. The highest BCUT2D eigenvalue weighted by atomic mass is 16.5. The van der Waals surface area contributed by atoms with E-state index in [1.165, 1.54) is 0 Å². The van der Waals surface area contributed by atoms with Gasteiger partial charge in [0.1, 0.15) is 11.5 Å². The van der Waals surface area contributed by atoms with Gasteiger partial charge in [0.25, 0.3) is 5.91 Å². The first-order valence-corrected chi connectivity index (χ1v) is 8.71. The molecule has 0 saturated heterocycles. The Balaban J connectivity index is 1.26. The predicted octanol–water partition coefficient (Wildman–Crippen LogP) is 3.28. The zero-order chi connectivity index (χ0) is 17.8. The molecule has 1 fully saturated rings. The Hall–Kier alpha value is -3.15. The molecule has 0 atom stereocenters. The number of benzene rings is 1. The van der Waals surface area contributed by atoms with Gasteiger partial charge in [-0.25, -0.2) is 4.98 Å². The van der Waals surface area contributed by atoms with Crippen LogP contribution < -0.4 is 10.1 Å². The van der Waals surface area contributed by atoms with Crippen molar-refractivity contribution in [3.8, 4) is 11.5 Å². The molecule has 1 aliphatic rings. The van der Waals surface area contributed by atoms with Crippen molar-refractivity contribution in [2.24, 2.45) is 5.92 Å². The summed E-state index contributed by atoms with van der Waals surface area (Å²) in [6, 6.07) is 11.1. The minimum atomic E-state index is -0.0380. The van der Waals surface area contributed by atoms with Gasteiger partial charge in [-0.15, -0.1) is 0 Å². The summed E-state index contributed by atoms with van der Waals surface area (Å²) in [5.74, 6) is 1.91. The zero-order valence-corrected chi connectivity index (χ0v) is 14.3. The first-order chi connectivity index (χ1) is 12.8. The lowest BCUT2D eigenvalue weighted by Crippen LogP contribution is -2.45. The van der Waals surface area contributed by atoms with Crippen LogP contribution in [0.25, 0.3) is 0 Å². The first kappa shape index (κ1) is 16.3. The molecule has 6 nitrogen and oxygen atoms in total. The molecule has 1 amide bonds. The van der Waals surface area contributed by atoms with Crippen molar-refractivity contribution in [3.63, 3.8) is 0 Å². The SMILES string of the molecule is O=C(NC1CC(Cn2ccnc2)C1)c1ccc(Oc2cccnc2)cc1. The number of nitrogens with zero attached hydrogens (tertiary/aromatic N) is 3. The van der Waals surface area contributed by atoms with Crippen LogP contribution in [0.4, 0.5) is 0 Å². The predicted molar refractivity (Wildman–Crippen MR) is 97.0 cm³/mol. The van der Waals surface area contributed by atoms with Crippen LogP contribution >= 0.6 is 0 Å². The summed E-state index contributed by atoms with van der Waals surface area (Å²) in [6.07, 6.45) is 11.0. The van der Waals surface area contributed by atoms with Crippen LogP contribution in [0.3, 0.4) is 0 Å². The summed E-state index contributed by atoms with van der Waals surface area (Å²) in [5.41, 5.74) is 0.640. The number of imidazole rings is 1. The fourth-order valence-electron chi connectivity index (χ4n) is 3.18. The highest BCUT2D eigenvalue weighted by Gasteiger charge is 2.30. The van der Waals surface area contributed by atoms with Crippen LogP contribution in [-0.4, -0.2) is 26.5 Å². The summed E-state index contributed by atoms with van der Waals surface area (Å²) < 4.78 is 7.78. The third-order valence-electron chi connectivity index (χ3n) is 4.59. The molecule has 6 heteroatoms. The van der Waals surface area contributed by atoms with E-state index in [4.69, 9.17) is 4.74 Å². The van der Waals surface area contributed by atoms with Crippen molar-refractivity contribution in [2.45, 2.75) is 25.4 Å². The van der Waals surface area contributed by atoms with Gasteiger partial charge in [0.2, 0.25) is 0 Å². The molecule has 0 radical (unpaired) electrons. The molecule has 0 bridgehead atoms. The smallest absolute Gasteiger partial charge is 0.251 e. The summed E-state index contributed by atoms with van der Waals surface area (Å²) in [4.78, 5) is 20.4. The van der Waals surface area contributed by atoms with E-state index in [1.807, 2.05) is 24.7 Å². The monoisotopic (exact) mass is 348 g/mol. The van der Waals surface area contributed by atoms with E-state index >= 15 is 0 Å². The largest absolute Gasteiger partial charge is 0.456 e. The van der Waals surface area contributed by atoms with Crippen LogP contribution in [0.2, 0.25) is 0 Å². The van der Waals surface area contributed by atoms with Gasteiger partial charge in [-0.05, 0) is 55.2 Å². The van der Waals surface area contributed by atoms with E-state index in [-0.39, 0.29) is 11.9 Å². The van der Waals surface area contributed by atoms with Gasteiger partial charge in [-0.3, -0.25) is 9.78 Å². The summed E-state index contributed by atoms with van der Waals surface area (Å²) >= 11 is 0. The molecule has 0 aliphatic heterocycles. The van der Waals surface area contributed by atoms with Crippen molar-refractivity contribution < 1.29 is 9.53 Å². The molecular weight excluding hydrogens is 328 g/mol. The molecule has 4 rings (SSSR count). The van der Waals surface area contributed by atoms with Crippen molar-refractivity contribution in [3.05, 3.63) is 73.1 Å². The van der Waals surface area contributed by atoms with Crippen LogP contribution in [0, 0.1) is 5.92 Å². The number of nitrogens with one attached hydrogen (secondary N) is 1. The minimum Gasteiger partial charge on any atom is -0.456 e. The Labute approximate surface area is 151 Å². The average Bonchev–Trinajstić information content (AvgIpc) is 3.14. The maximum atomic E-state index is 12.4. The molecule has 132 valence electrons. The quantitative estimate of drug-likeness (QED) is 0.742. The number of aromatic nitrogens is 3. The second-order valence-corrected chi connectivity index (χ2v) is 6.58. The number of ether oxygens (including phenoxy) is 1. The number of rotatable bonds is 6. The molecule has 1 N–H and O–H groups in total. The van der Waals surface area contributed by atoms with Gasteiger partial charge in [0.15, 0.2) is 0 Å². The third kappa shape index (κ3) is 3.91. The Bertz CT molecular complexity index is 841. The van der Waals surface area contributed by atoms with Crippen LogP contribution in [0.1, 0.15) is 23.2 Å². The average molecular weight is 348 g/mol. The Morgan fingerprint density at radius 3 is 2.65 bits per heavy atom. The zero-order valence-electron chi connectivity index (χ0n) is 14.3. The molecule has 0 spiro atoms. The Kier molecular flexibility index (Phi) is 4.64. The van der Waals surface area contributed by atoms with Crippen molar-refractivity contribution in [1.29, 1.82) is 0 Å². The maximum Gasteiger partial charge on any atom is 0.251 e. The highest BCUT2D eigenvalue weighted by molar-refractivity contribution is 5.94. The van der Waals surface area contributed by atoms with E-state index in [2.05, 4.69) is 19.9 Å². The van der Waals surface area contributed by atoms with Crippen molar-refractivity contribution in [1.82, 2.24) is 19.9 Å². The highest BCUT2D eigenvalue weighted by Crippen LogP contribution is 2.29. The molecule has 3 aromatic rings. The fourth-order valence-corrected chi connectivity index (χ4v) is 3.18. The number of carbonyl (C=O) groups excluding carboxylic acids is 1. The van der Waals surface area contributed by atoms with E-state index in [0.717, 1.165) is 19.4 Å². The fraction of sp³-hybridized carbons (Fsp3) is 0.250.